The van der Waals surface area contributed by atoms with E-state index in [-0.39, 0.29) is 45.9 Å². The summed E-state index contributed by atoms with van der Waals surface area (Å²) < 4.78 is 10.7. The third-order valence-corrected chi connectivity index (χ3v) is 2.67. The van der Waals surface area contributed by atoms with Crippen LogP contribution in [0.25, 0.3) is 5.32 Å². The van der Waals surface area contributed by atoms with Crippen LogP contribution in [0.2, 0.25) is 0 Å². The second-order valence-electron chi connectivity index (χ2n) is 3.75. The van der Waals surface area contributed by atoms with Crippen molar-refractivity contribution in [3.8, 4) is 11.5 Å². The molecule has 0 aliphatic carbocycles. The minimum atomic E-state index is -0.359. The number of esters is 1. The Morgan fingerprint density at radius 3 is 2.33 bits per heavy atom. The number of benzene rings is 1. The van der Waals surface area contributed by atoms with E-state index < -0.39 is 0 Å². The molecule has 0 fully saturated rings. The van der Waals surface area contributed by atoms with Gasteiger partial charge >= 0.3 is 19.5 Å². The van der Waals surface area contributed by atoms with Crippen LogP contribution in [0.5, 0.6) is 11.5 Å². The number of hydrogen-bond acceptors (Lipinski definition) is 4. The van der Waals surface area contributed by atoms with E-state index in [1.807, 2.05) is 26.2 Å². The SMILES string of the molecule is C[N-]COc1cc(C)c(OC(=O)[CH-]SC)cc1C.[Re].[Rf].[Ru+]. The van der Waals surface area contributed by atoms with E-state index in [0.29, 0.717) is 12.5 Å². The summed E-state index contributed by atoms with van der Waals surface area (Å²) in [6, 6.07) is 3.65. The van der Waals surface area contributed by atoms with Gasteiger partial charge in [0.2, 0.25) is 0 Å². The molecule has 0 saturated carbocycles. The molecular formula is C13H17NO3ReRfRuS-. The molecule has 0 aliphatic heterocycles. The van der Waals surface area contributed by atoms with Crippen molar-refractivity contribution in [3.05, 3.63) is 34.3 Å². The average Bonchev–Trinajstić information content (AvgIpc) is 2.32. The Kier molecular flexibility index (Phi) is 15.1. The van der Waals surface area contributed by atoms with Crippen molar-refractivity contribution < 1.29 is 54.2 Å². The fourth-order valence-corrected chi connectivity index (χ4v) is 1.63. The van der Waals surface area contributed by atoms with Gasteiger partial charge in [-0.05, 0) is 43.4 Å². The topological polar surface area (TPSA) is 49.6 Å². The molecule has 116 valence electrons. The van der Waals surface area contributed by atoms with Gasteiger partial charge in [-0.2, -0.15) is 7.05 Å². The Bertz CT molecular complexity index is 438. The van der Waals surface area contributed by atoms with Gasteiger partial charge in [-0.15, -0.1) is 0 Å². The van der Waals surface area contributed by atoms with E-state index in [0.717, 1.165) is 16.9 Å². The molecule has 2 radical (unpaired) electrons. The molecule has 0 bridgehead atoms. The predicted octanol–water partition coefficient (Wildman–Crippen LogP) is 3.07. The predicted molar refractivity (Wildman–Crippen MR) is 74.1 cm³/mol. The van der Waals surface area contributed by atoms with Gasteiger partial charge in [0.25, 0.3) is 0 Å². The Morgan fingerprint density at radius 1 is 1.29 bits per heavy atom. The molecule has 4 nitrogen and oxygen atoms in total. The summed E-state index contributed by atoms with van der Waals surface area (Å²) in [5.41, 5.74) is 1.77. The van der Waals surface area contributed by atoms with Crippen LogP contribution >= 0.6 is 11.8 Å². The Labute approximate surface area is 151 Å². The maximum Gasteiger partial charge on any atom is 1.00 e. The van der Waals surface area contributed by atoms with Gasteiger partial charge < -0.3 is 26.6 Å². The Hall–Kier alpha value is -1.04. The first-order valence-corrected chi connectivity index (χ1v) is 6.74. The molecule has 0 aromatic heterocycles. The number of rotatable bonds is 6. The zero-order valence-electron chi connectivity index (χ0n) is 12.5. The first-order valence-electron chi connectivity index (χ1n) is 5.46. The van der Waals surface area contributed by atoms with Gasteiger partial charge in [-0.25, -0.2) is 5.75 Å². The van der Waals surface area contributed by atoms with Crippen molar-refractivity contribution in [2.24, 2.45) is 0 Å². The first kappa shape index (κ1) is 24.9. The Balaban J connectivity index is -0.00000108. The minimum Gasteiger partial charge on any atom is -0.632 e. The molecule has 0 amide bonds. The summed E-state index contributed by atoms with van der Waals surface area (Å²) in [7, 11) is 1.69. The molecule has 1 aromatic rings. The van der Waals surface area contributed by atoms with E-state index in [4.69, 9.17) is 9.47 Å². The van der Waals surface area contributed by atoms with Gasteiger partial charge in [-0.3, -0.25) is 4.79 Å². The maximum atomic E-state index is 11.4. The van der Waals surface area contributed by atoms with Crippen molar-refractivity contribution in [1.82, 2.24) is 0 Å². The van der Waals surface area contributed by atoms with Crippen molar-refractivity contribution in [3.63, 3.8) is 0 Å². The van der Waals surface area contributed by atoms with Gasteiger partial charge in [-0.1, -0.05) is 0 Å². The van der Waals surface area contributed by atoms with Crippen LogP contribution in [0.1, 0.15) is 11.1 Å². The fraction of sp³-hybridized carbons (Fsp3) is 0.385. The van der Waals surface area contributed by atoms with E-state index in [1.165, 1.54) is 17.5 Å². The summed E-state index contributed by atoms with van der Waals surface area (Å²) in [5, 5.41) is 3.88. The summed E-state index contributed by atoms with van der Waals surface area (Å²) in [4.78, 5) is 11.4. The smallest absolute Gasteiger partial charge is 0.632 e. The molecule has 8 heteroatoms. The maximum absolute atomic E-state index is 11.4. The largest absolute Gasteiger partial charge is 1.00 e. The molecule has 1 aromatic carbocycles. The average molecular weight is 822 g/mol. The monoisotopic (exact) mass is 823 g/mol. The van der Waals surface area contributed by atoms with Crippen molar-refractivity contribution in [2.45, 2.75) is 13.8 Å². The number of thioether (sulfide) groups is 1. The third-order valence-electron chi connectivity index (χ3n) is 2.25. The second kappa shape index (κ2) is 12.7. The standard InChI is InChI=1S/C13H17NO3S.Re.Rf.Ru/c1-9-6-12(17-13(15)7-18-4)10(2)5-11(9)16-8-14-3;;;/h5-7H,8H2,1-4H3;;;/q-2;;;+1. The molecule has 0 spiro atoms. The van der Waals surface area contributed by atoms with Gasteiger partial charge in [0, 0.05) is 27.2 Å². The molecule has 0 atom stereocenters. The molecule has 21 heavy (non-hydrogen) atoms. The third kappa shape index (κ3) is 8.09. The minimum absolute atomic E-state index is 0. The number of nitrogens with zero attached hydrogens (tertiary/aromatic N) is 1. The molecular weight excluding hydrogens is 804 g/mol. The molecule has 0 aliphatic rings. The quantitative estimate of drug-likeness (QED) is 0.192. The fourth-order valence-electron chi connectivity index (χ4n) is 1.39. The number of carbonyl (C=O) groups excluding carboxylic acids is 1. The van der Waals surface area contributed by atoms with E-state index >= 15 is 0 Å². The summed E-state index contributed by atoms with van der Waals surface area (Å²) in [5.74, 6) is 2.38. The first-order chi connectivity index (χ1) is 8.58. The number of aryl methyl sites for hydroxylation is 2. The van der Waals surface area contributed by atoms with Crippen LogP contribution in [0.15, 0.2) is 12.1 Å². The van der Waals surface area contributed by atoms with Gasteiger partial charge in [0.1, 0.15) is 11.5 Å². The van der Waals surface area contributed by atoms with Crippen molar-refractivity contribution in [2.75, 3.05) is 20.0 Å². The van der Waals surface area contributed by atoms with Crippen LogP contribution in [-0.4, -0.2) is 26.0 Å². The molecule has 0 saturated heterocycles. The zero-order valence-corrected chi connectivity index (χ0v) is 24.1. The molecule has 0 N–H and O–H groups in total. The van der Waals surface area contributed by atoms with Gasteiger partial charge in [0.15, 0.2) is 5.97 Å². The summed E-state index contributed by atoms with van der Waals surface area (Å²) >= 11 is 1.32. The van der Waals surface area contributed by atoms with E-state index in [2.05, 4.69) is 5.32 Å². The number of ether oxygens (including phenoxy) is 2. The zero-order chi connectivity index (χ0) is 13.5. The van der Waals surface area contributed by atoms with Crippen LogP contribution in [0.4, 0.5) is 0 Å². The molecule has 0 heterocycles. The van der Waals surface area contributed by atoms with Crippen LogP contribution in [0, 0.1) is 19.6 Å². The normalized spacial score (nSPS) is 8.57. The molecule has 0 unspecified atom stereocenters. The van der Waals surface area contributed by atoms with E-state index in [1.54, 1.807) is 13.1 Å². The molecule has 1 rings (SSSR count). The Morgan fingerprint density at radius 2 is 1.81 bits per heavy atom. The van der Waals surface area contributed by atoms with Crippen LogP contribution < -0.4 is 9.47 Å². The van der Waals surface area contributed by atoms with Gasteiger partial charge in [0.05, 0.1) is 0 Å². The van der Waals surface area contributed by atoms with Crippen molar-refractivity contribution in [1.29, 1.82) is 0 Å². The van der Waals surface area contributed by atoms with Crippen molar-refractivity contribution >= 4 is 17.7 Å². The van der Waals surface area contributed by atoms with Crippen LogP contribution in [0.3, 0.4) is 0 Å². The second-order valence-corrected chi connectivity index (χ2v) is 4.45. The summed E-state index contributed by atoms with van der Waals surface area (Å²) in [6.07, 6.45) is 1.81. The van der Waals surface area contributed by atoms with Crippen LogP contribution in [-0.2, 0) is 44.7 Å². The van der Waals surface area contributed by atoms with E-state index in [9.17, 15) is 4.79 Å². The number of hydrogen-bond donors (Lipinski definition) is 0. The number of carbonyl (C=O) groups is 1. The summed E-state index contributed by atoms with van der Waals surface area (Å²) in [6.45, 7) is 4.09.